The highest BCUT2D eigenvalue weighted by Gasteiger charge is 2.56. The molecule has 6 heteroatoms. The van der Waals surface area contributed by atoms with Gasteiger partial charge in [-0.1, -0.05) is 0 Å². The third-order valence-electron chi connectivity index (χ3n) is 3.28. The van der Waals surface area contributed by atoms with Crippen LogP contribution in [0.15, 0.2) is 0 Å². The minimum absolute atomic E-state index is 0.106. The van der Waals surface area contributed by atoms with Gasteiger partial charge in [0, 0.05) is 13.0 Å². The van der Waals surface area contributed by atoms with Crippen LogP contribution in [0.5, 0.6) is 0 Å². The number of rotatable bonds is 4. The Morgan fingerprint density at radius 2 is 1.68 bits per heavy atom. The lowest BCUT2D eigenvalue weighted by Gasteiger charge is -2.50. The largest absolute Gasteiger partial charge is 0.464 e. The van der Waals surface area contributed by atoms with Crippen LogP contribution in [0.1, 0.15) is 54.9 Å². The van der Waals surface area contributed by atoms with Crippen LogP contribution in [-0.2, 0) is 19.0 Å². The van der Waals surface area contributed by atoms with E-state index in [4.69, 9.17) is 14.2 Å². The lowest BCUT2D eigenvalue weighted by Crippen LogP contribution is -2.70. The molecule has 0 aromatic heterocycles. The molecule has 0 aromatic rings. The van der Waals surface area contributed by atoms with E-state index < -0.39 is 28.8 Å². The molecular weight excluding hydrogens is 286 g/mol. The van der Waals surface area contributed by atoms with E-state index in [1.807, 2.05) is 20.8 Å². The molecule has 1 fully saturated rings. The van der Waals surface area contributed by atoms with Crippen LogP contribution < -0.4 is 0 Å². The molecule has 0 N–H and O–H groups in total. The maximum atomic E-state index is 12.4. The second-order valence-corrected chi connectivity index (χ2v) is 7.54. The number of hydrogen-bond acceptors (Lipinski definition) is 5. The highest BCUT2D eigenvalue weighted by Crippen LogP contribution is 2.35. The molecule has 128 valence electrons. The summed E-state index contributed by atoms with van der Waals surface area (Å²) in [5.41, 5.74) is -2.10. The Morgan fingerprint density at radius 3 is 2.05 bits per heavy atom. The minimum Gasteiger partial charge on any atom is -0.464 e. The van der Waals surface area contributed by atoms with Gasteiger partial charge in [0.2, 0.25) is 0 Å². The molecule has 0 radical (unpaired) electrons. The van der Waals surface area contributed by atoms with Crippen LogP contribution in [-0.4, -0.2) is 53.5 Å². The van der Waals surface area contributed by atoms with Crippen molar-refractivity contribution >= 4 is 12.1 Å². The number of ether oxygens (including phenoxy) is 3. The number of nitrogens with zero attached hydrogens (tertiary/aromatic N) is 1. The summed E-state index contributed by atoms with van der Waals surface area (Å²) in [4.78, 5) is 26.1. The Labute approximate surface area is 133 Å². The van der Waals surface area contributed by atoms with Crippen LogP contribution in [0.25, 0.3) is 0 Å². The van der Waals surface area contributed by atoms with Gasteiger partial charge in [0.15, 0.2) is 5.54 Å². The SMILES string of the molecule is CCOC(=O)[C@@]1(COC(C)(C)C)CCN1C(=O)OC(C)(C)C. The Balaban J connectivity index is 2.91. The monoisotopic (exact) mass is 315 g/mol. The minimum atomic E-state index is -1.08. The lowest BCUT2D eigenvalue weighted by molar-refractivity contribution is -0.179. The van der Waals surface area contributed by atoms with Gasteiger partial charge in [0.05, 0.1) is 18.8 Å². The third-order valence-corrected chi connectivity index (χ3v) is 3.28. The van der Waals surface area contributed by atoms with Crippen molar-refractivity contribution in [2.45, 2.75) is 71.6 Å². The van der Waals surface area contributed by atoms with Crippen molar-refractivity contribution in [1.29, 1.82) is 0 Å². The summed E-state index contributed by atoms with van der Waals surface area (Å²) >= 11 is 0. The van der Waals surface area contributed by atoms with Crippen molar-refractivity contribution in [1.82, 2.24) is 4.90 Å². The first-order valence-corrected chi connectivity index (χ1v) is 7.73. The molecule has 1 heterocycles. The van der Waals surface area contributed by atoms with Gasteiger partial charge >= 0.3 is 12.1 Å². The van der Waals surface area contributed by atoms with Crippen LogP contribution >= 0.6 is 0 Å². The molecule has 0 aliphatic carbocycles. The van der Waals surface area contributed by atoms with Crippen molar-refractivity contribution in [2.75, 3.05) is 19.8 Å². The van der Waals surface area contributed by atoms with Gasteiger partial charge < -0.3 is 14.2 Å². The number of likely N-dealkylation sites (tertiary alicyclic amines) is 1. The maximum absolute atomic E-state index is 12.4. The first-order valence-electron chi connectivity index (χ1n) is 7.73. The molecule has 1 amide bonds. The molecule has 0 unspecified atom stereocenters. The van der Waals surface area contributed by atoms with Gasteiger partial charge in [-0.2, -0.15) is 0 Å². The van der Waals surface area contributed by atoms with E-state index in [-0.39, 0.29) is 13.2 Å². The maximum Gasteiger partial charge on any atom is 0.411 e. The highest BCUT2D eigenvalue weighted by molar-refractivity contribution is 5.88. The van der Waals surface area contributed by atoms with Gasteiger partial charge in [0.25, 0.3) is 0 Å². The van der Waals surface area contributed by atoms with Gasteiger partial charge in [-0.3, -0.25) is 4.90 Å². The zero-order valence-corrected chi connectivity index (χ0v) is 14.8. The van der Waals surface area contributed by atoms with Crippen molar-refractivity contribution in [3.8, 4) is 0 Å². The van der Waals surface area contributed by atoms with Crippen molar-refractivity contribution in [3.05, 3.63) is 0 Å². The molecular formula is C16H29NO5. The first kappa shape index (κ1) is 18.7. The van der Waals surface area contributed by atoms with Crippen molar-refractivity contribution in [2.24, 2.45) is 0 Å². The molecule has 22 heavy (non-hydrogen) atoms. The predicted molar refractivity (Wildman–Crippen MR) is 82.6 cm³/mol. The Kier molecular flexibility index (Phi) is 5.49. The standard InChI is InChI=1S/C16H29NO5/c1-8-20-12(18)16(11-21-14(2,3)4)9-10-17(16)13(19)22-15(5,6)7/h8-11H2,1-7H3/t16-/m0/s1. The van der Waals surface area contributed by atoms with E-state index >= 15 is 0 Å². The van der Waals surface area contributed by atoms with Gasteiger partial charge in [-0.25, -0.2) is 9.59 Å². The van der Waals surface area contributed by atoms with E-state index in [1.165, 1.54) is 4.90 Å². The van der Waals surface area contributed by atoms with Crippen LogP contribution in [0.3, 0.4) is 0 Å². The van der Waals surface area contributed by atoms with Crippen LogP contribution in [0.4, 0.5) is 4.79 Å². The van der Waals surface area contributed by atoms with E-state index in [1.54, 1.807) is 27.7 Å². The Morgan fingerprint density at radius 1 is 1.09 bits per heavy atom. The summed E-state index contributed by atoms with van der Waals surface area (Å²) in [6.07, 6.45) is 0.00514. The molecule has 0 bridgehead atoms. The smallest absolute Gasteiger partial charge is 0.411 e. The number of carbonyl (C=O) groups excluding carboxylic acids is 2. The van der Waals surface area contributed by atoms with E-state index in [0.29, 0.717) is 13.0 Å². The fourth-order valence-electron chi connectivity index (χ4n) is 2.10. The number of esters is 1. The summed E-state index contributed by atoms with van der Waals surface area (Å²) in [7, 11) is 0. The molecule has 0 aromatic carbocycles. The second-order valence-electron chi connectivity index (χ2n) is 7.54. The molecule has 1 aliphatic rings. The van der Waals surface area contributed by atoms with Gasteiger partial charge in [-0.05, 0) is 48.5 Å². The molecule has 6 nitrogen and oxygen atoms in total. The molecule has 0 saturated carbocycles. The Bertz CT molecular complexity index is 421. The van der Waals surface area contributed by atoms with Crippen LogP contribution in [0.2, 0.25) is 0 Å². The molecule has 1 rings (SSSR count). The molecule has 1 atom stereocenters. The lowest BCUT2D eigenvalue weighted by atomic mass is 9.85. The number of carbonyl (C=O) groups is 2. The fraction of sp³-hybridized carbons (Fsp3) is 0.875. The average Bonchev–Trinajstić information content (AvgIpc) is 2.23. The number of hydrogen-bond donors (Lipinski definition) is 0. The van der Waals surface area contributed by atoms with Gasteiger partial charge in [0.1, 0.15) is 5.60 Å². The molecule has 1 aliphatic heterocycles. The summed E-state index contributed by atoms with van der Waals surface area (Å²) in [6, 6.07) is 0. The predicted octanol–water partition coefficient (Wildman–Crippen LogP) is 2.74. The summed E-state index contributed by atoms with van der Waals surface area (Å²) < 4.78 is 16.3. The number of amides is 1. The second kappa shape index (κ2) is 6.44. The topological polar surface area (TPSA) is 65.1 Å². The van der Waals surface area contributed by atoms with E-state index in [9.17, 15) is 9.59 Å². The van der Waals surface area contributed by atoms with E-state index in [2.05, 4.69) is 0 Å². The Hall–Kier alpha value is -1.30. The summed E-state index contributed by atoms with van der Waals surface area (Å²) in [5.74, 6) is -0.434. The van der Waals surface area contributed by atoms with Crippen LogP contribution in [0, 0.1) is 0 Å². The average molecular weight is 315 g/mol. The van der Waals surface area contributed by atoms with Crippen molar-refractivity contribution < 1.29 is 23.8 Å². The highest BCUT2D eigenvalue weighted by atomic mass is 16.6. The zero-order chi connectivity index (χ0) is 17.2. The molecule has 1 saturated heterocycles. The van der Waals surface area contributed by atoms with E-state index in [0.717, 1.165) is 0 Å². The van der Waals surface area contributed by atoms with Gasteiger partial charge in [-0.15, -0.1) is 0 Å². The third kappa shape index (κ3) is 4.60. The first-order chi connectivity index (χ1) is 9.91. The quantitative estimate of drug-likeness (QED) is 0.746. The summed E-state index contributed by atoms with van der Waals surface area (Å²) in [6.45, 7) is 13.7. The zero-order valence-electron chi connectivity index (χ0n) is 14.8. The summed E-state index contributed by atoms with van der Waals surface area (Å²) in [5, 5.41) is 0. The normalized spacial score (nSPS) is 22.0. The molecule has 0 spiro atoms. The fourth-order valence-corrected chi connectivity index (χ4v) is 2.10. The van der Waals surface area contributed by atoms with Crippen molar-refractivity contribution in [3.63, 3.8) is 0 Å².